The van der Waals surface area contributed by atoms with E-state index in [4.69, 9.17) is 4.74 Å². The van der Waals surface area contributed by atoms with Crippen LogP contribution in [0.2, 0.25) is 0 Å². The van der Waals surface area contributed by atoms with Gasteiger partial charge >= 0.3 is 6.09 Å². The predicted molar refractivity (Wildman–Crippen MR) is 120 cm³/mol. The molecule has 2 heterocycles. The van der Waals surface area contributed by atoms with Crippen LogP contribution in [0.25, 0.3) is 0 Å². The second-order valence-corrected chi connectivity index (χ2v) is 9.25. The number of piperidine rings is 1. The van der Waals surface area contributed by atoms with Crippen molar-refractivity contribution < 1.29 is 14.3 Å². The van der Waals surface area contributed by atoms with Gasteiger partial charge in [-0.2, -0.15) is 0 Å². The van der Waals surface area contributed by atoms with Crippen LogP contribution in [-0.2, 0) is 9.53 Å². The molecule has 172 valence electrons. The maximum atomic E-state index is 12.3. The fourth-order valence-electron chi connectivity index (χ4n) is 3.92. The Morgan fingerprint density at radius 1 is 1.23 bits per heavy atom. The summed E-state index contributed by atoms with van der Waals surface area (Å²) in [6, 6.07) is 0. The third-order valence-electron chi connectivity index (χ3n) is 5.39. The molecule has 1 unspecified atom stereocenters. The van der Waals surface area contributed by atoms with E-state index in [2.05, 4.69) is 22.5 Å². The number of nitrogens with one attached hydrogen (secondary N) is 2. The quantitative estimate of drug-likeness (QED) is 0.356. The van der Waals surface area contributed by atoms with Crippen molar-refractivity contribution in [2.75, 3.05) is 45.8 Å². The van der Waals surface area contributed by atoms with Crippen molar-refractivity contribution in [2.24, 2.45) is 10.9 Å². The summed E-state index contributed by atoms with van der Waals surface area (Å²) in [5, 5.41) is 6.70. The molecule has 0 aromatic rings. The molecule has 2 amide bonds. The number of rotatable bonds is 8. The van der Waals surface area contributed by atoms with Crippen molar-refractivity contribution in [1.29, 1.82) is 0 Å². The molecule has 8 heteroatoms. The molecule has 30 heavy (non-hydrogen) atoms. The van der Waals surface area contributed by atoms with Crippen LogP contribution in [-0.4, -0.2) is 79.2 Å². The third kappa shape index (κ3) is 8.79. The summed E-state index contributed by atoms with van der Waals surface area (Å²) in [7, 11) is 0. The van der Waals surface area contributed by atoms with E-state index >= 15 is 0 Å². The number of nitrogens with zero attached hydrogens (tertiary/aromatic N) is 3. The van der Waals surface area contributed by atoms with Gasteiger partial charge in [-0.1, -0.05) is 0 Å². The largest absolute Gasteiger partial charge is 0.444 e. The lowest BCUT2D eigenvalue weighted by atomic mass is 9.95. The minimum absolute atomic E-state index is 0.202. The smallest absolute Gasteiger partial charge is 0.410 e. The van der Waals surface area contributed by atoms with Crippen molar-refractivity contribution in [3.63, 3.8) is 0 Å². The van der Waals surface area contributed by atoms with Crippen LogP contribution in [0.3, 0.4) is 0 Å². The molecule has 2 fully saturated rings. The predicted octanol–water partition coefficient (Wildman–Crippen LogP) is 2.59. The van der Waals surface area contributed by atoms with Gasteiger partial charge in [-0.25, -0.2) is 4.79 Å². The van der Waals surface area contributed by atoms with E-state index < -0.39 is 5.60 Å². The lowest BCUT2D eigenvalue weighted by Gasteiger charge is -2.34. The molecule has 0 radical (unpaired) electrons. The first kappa shape index (κ1) is 24.3. The first-order valence-corrected chi connectivity index (χ1v) is 11.6. The number of guanidine groups is 1. The first-order valence-electron chi connectivity index (χ1n) is 11.6. The molecule has 2 aliphatic heterocycles. The second-order valence-electron chi connectivity index (χ2n) is 9.25. The van der Waals surface area contributed by atoms with Gasteiger partial charge in [0.15, 0.2) is 5.96 Å². The average molecular weight is 424 g/mol. The van der Waals surface area contributed by atoms with Gasteiger partial charge in [-0.3, -0.25) is 9.79 Å². The van der Waals surface area contributed by atoms with Gasteiger partial charge in [0.1, 0.15) is 5.60 Å². The monoisotopic (exact) mass is 423 g/mol. The first-order chi connectivity index (χ1) is 14.3. The van der Waals surface area contributed by atoms with E-state index in [1.165, 1.54) is 0 Å². The Bertz CT molecular complexity index is 588. The van der Waals surface area contributed by atoms with Crippen LogP contribution in [0.4, 0.5) is 4.79 Å². The normalized spacial score (nSPS) is 20.5. The van der Waals surface area contributed by atoms with Crippen molar-refractivity contribution >= 4 is 18.0 Å². The minimum Gasteiger partial charge on any atom is -0.444 e. The summed E-state index contributed by atoms with van der Waals surface area (Å²) in [5.41, 5.74) is -0.454. The molecular formula is C22H41N5O3. The molecule has 0 bridgehead atoms. The van der Waals surface area contributed by atoms with E-state index in [0.29, 0.717) is 18.9 Å². The summed E-state index contributed by atoms with van der Waals surface area (Å²) in [6.45, 7) is 13.3. The van der Waals surface area contributed by atoms with Gasteiger partial charge in [0.2, 0.25) is 5.91 Å². The van der Waals surface area contributed by atoms with Crippen LogP contribution >= 0.6 is 0 Å². The Kier molecular flexibility index (Phi) is 9.72. The van der Waals surface area contributed by atoms with Gasteiger partial charge in [0.05, 0.1) is 0 Å². The lowest BCUT2D eigenvalue weighted by Crippen LogP contribution is -2.44. The van der Waals surface area contributed by atoms with Crippen LogP contribution in [0.15, 0.2) is 4.99 Å². The Morgan fingerprint density at radius 2 is 2.03 bits per heavy atom. The van der Waals surface area contributed by atoms with E-state index in [1.54, 1.807) is 0 Å². The van der Waals surface area contributed by atoms with Crippen LogP contribution in [0.1, 0.15) is 66.2 Å². The van der Waals surface area contributed by atoms with Crippen molar-refractivity contribution in [3.8, 4) is 0 Å². The second kappa shape index (κ2) is 12.0. The molecule has 0 saturated carbocycles. The zero-order chi connectivity index (χ0) is 22.0. The van der Waals surface area contributed by atoms with Crippen LogP contribution < -0.4 is 10.6 Å². The Labute approximate surface area is 181 Å². The maximum absolute atomic E-state index is 12.3. The number of aliphatic imine (C=N–C) groups is 1. The molecule has 0 aromatic carbocycles. The number of carbonyl (C=O) groups excluding carboxylic acids is 2. The lowest BCUT2D eigenvalue weighted by molar-refractivity contribution is -0.127. The summed E-state index contributed by atoms with van der Waals surface area (Å²) >= 11 is 0. The van der Waals surface area contributed by atoms with Gasteiger partial charge in [0, 0.05) is 52.2 Å². The van der Waals surface area contributed by atoms with Gasteiger partial charge < -0.3 is 25.2 Å². The Hall–Kier alpha value is -1.99. The van der Waals surface area contributed by atoms with E-state index in [-0.39, 0.29) is 12.0 Å². The van der Waals surface area contributed by atoms with E-state index in [9.17, 15) is 9.59 Å². The molecule has 2 N–H and O–H groups in total. The molecule has 2 rings (SSSR count). The van der Waals surface area contributed by atoms with Crippen LogP contribution in [0, 0.1) is 5.92 Å². The van der Waals surface area contributed by atoms with Gasteiger partial charge in [-0.05, 0) is 65.7 Å². The van der Waals surface area contributed by atoms with E-state index in [0.717, 1.165) is 77.3 Å². The van der Waals surface area contributed by atoms with Gasteiger partial charge in [0.25, 0.3) is 0 Å². The zero-order valence-corrected chi connectivity index (χ0v) is 19.3. The number of ether oxygens (including phenoxy) is 1. The highest BCUT2D eigenvalue weighted by Gasteiger charge is 2.27. The highest BCUT2D eigenvalue weighted by molar-refractivity contribution is 5.79. The highest BCUT2D eigenvalue weighted by atomic mass is 16.6. The van der Waals surface area contributed by atoms with Gasteiger partial charge in [-0.15, -0.1) is 0 Å². The molecule has 0 aromatic heterocycles. The fraction of sp³-hybridized carbons (Fsp3) is 0.864. The molecule has 1 atom stereocenters. The number of amides is 2. The number of hydrogen-bond acceptors (Lipinski definition) is 4. The Balaban J connectivity index is 1.69. The average Bonchev–Trinajstić information content (AvgIpc) is 3.09. The summed E-state index contributed by atoms with van der Waals surface area (Å²) in [4.78, 5) is 32.4. The van der Waals surface area contributed by atoms with Crippen LogP contribution in [0.5, 0.6) is 0 Å². The molecule has 8 nitrogen and oxygen atoms in total. The molecule has 0 aliphatic carbocycles. The standard InChI is InChI=1S/C22H41N5O3/c1-5-23-20(24-12-8-16-26-14-7-10-19(26)28)25-13-11-18-9-6-15-27(17-18)21(29)30-22(2,3)4/h18H,5-17H2,1-4H3,(H2,23,24,25). The topological polar surface area (TPSA) is 86.3 Å². The SMILES string of the molecule is CCNC(=NCCCN1CCCC1=O)NCCC1CCCN(C(=O)OC(C)(C)C)C1. The van der Waals surface area contributed by atoms with Crippen molar-refractivity contribution in [1.82, 2.24) is 20.4 Å². The third-order valence-corrected chi connectivity index (χ3v) is 5.39. The molecular weight excluding hydrogens is 382 g/mol. The minimum atomic E-state index is -0.454. The fourth-order valence-corrected chi connectivity index (χ4v) is 3.92. The molecule has 2 saturated heterocycles. The van der Waals surface area contributed by atoms with E-state index in [1.807, 2.05) is 30.6 Å². The maximum Gasteiger partial charge on any atom is 0.410 e. The zero-order valence-electron chi connectivity index (χ0n) is 19.3. The highest BCUT2D eigenvalue weighted by Crippen LogP contribution is 2.21. The number of likely N-dealkylation sites (tertiary alicyclic amines) is 2. The summed E-state index contributed by atoms with van der Waals surface area (Å²) in [5.74, 6) is 1.57. The molecule has 0 spiro atoms. The van der Waals surface area contributed by atoms with Crippen molar-refractivity contribution in [2.45, 2.75) is 71.8 Å². The van der Waals surface area contributed by atoms with Crippen molar-refractivity contribution in [3.05, 3.63) is 0 Å². The summed E-state index contributed by atoms with van der Waals surface area (Å²) in [6.07, 6.45) is 5.51. The summed E-state index contributed by atoms with van der Waals surface area (Å²) < 4.78 is 5.52. The number of carbonyl (C=O) groups is 2. The molecule has 2 aliphatic rings. The number of hydrogen-bond donors (Lipinski definition) is 2. The Morgan fingerprint density at radius 3 is 2.70 bits per heavy atom.